The highest BCUT2D eigenvalue weighted by Crippen LogP contribution is 2.22. The number of fused-ring (bicyclic) bond motifs is 1. The molecule has 0 aliphatic rings. The zero-order valence-corrected chi connectivity index (χ0v) is 9.86. The van der Waals surface area contributed by atoms with E-state index >= 15 is 0 Å². The quantitative estimate of drug-likeness (QED) is 0.727. The second-order valence-electron chi connectivity index (χ2n) is 4.63. The zero-order chi connectivity index (χ0) is 11.0. The second-order valence-corrected chi connectivity index (χ2v) is 4.63. The van der Waals surface area contributed by atoms with Gasteiger partial charge in [-0.25, -0.2) is 4.98 Å². The summed E-state index contributed by atoms with van der Waals surface area (Å²) in [7, 11) is 0. The van der Waals surface area contributed by atoms with Gasteiger partial charge in [0.25, 0.3) is 0 Å². The standard InChI is InChI=1S/C13H18N2/c1-9(2)12-6-5-11-7-8-14-13(10(3)4)15(11)12/h5-10H,1-4H3. The summed E-state index contributed by atoms with van der Waals surface area (Å²) in [6.45, 7) is 8.82. The summed E-state index contributed by atoms with van der Waals surface area (Å²) in [5.74, 6) is 2.15. The Labute approximate surface area is 91.0 Å². The first-order valence-corrected chi connectivity index (χ1v) is 5.57. The molecule has 0 amide bonds. The first-order valence-electron chi connectivity index (χ1n) is 5.57. The zero-order valence-electron chi connectivity index (χ0n) is 9.86. The maximum absolute atomic E-state index is 4.48. The molecule has 0 aliphatic carbocycles. The van der Waals surface area contributed by atoms with Crippen LogP contribution in [0, 0.1) is 0 Å². The van der Waals surface area contributed by atoms with Crippen LogP contribution in [0.25, 0.3) is 5.52 Å². The maximum Gasteiger partial charge on any atom is 0.115 e. The van der Waals surface area contributed by atoms with E-state index in [1.165, 1.54) is 11.2 Å². The lowest BCUT2D eigenvalue weighted by Gasteiger charge is -2.13. The van der Waals surface area contributed by atoms with E-state index in [0.717, 1.165) is 5.82 Å². The van der Waals surface area contributed by atoms with Crippen LogP contribution in [0.3, 0.4) is 0 Å². The number of hydrogen-bond acceptors (Lipinski definition) is 1. The van der Waals surface area contributed by atoms with Crippen LogP contribution < -0.4 is 0 Å². The smallest absolute Gasteiger partial charge is 0.115 e. The molecule has 2 aromatic heterocycles. The van der Waals surface area contributed by atoms with E-state index in [9.17, 15) is 0 Å². The van der Waals surface area contributed by atoms with Crippen molar-refractivity contribution in [2.45, 2.75) is 39.5 Å². The molecule has 0 aliphatic heterocycles. The van der Waals surface area contributed by atoms with E-state index in [0.29, 0.717) is 11.8 Å². The van der Waals surface area contributed by atoms with Crippen molar-refractivity contribution in [3.8, 4) is 0 Å². The van der Waals surface area contributed by atoms with Crippen molar-refractivity contribution in [1.82, 2.24) is 9.38 Å². The Morgan fingerprint density at radius 1 is 1.00 bits per heavy atom. The molecule has 2 rings (SSSR count). The van der Waals surface area contributed by atoms with Crippen molar-refractivity contribution >= 4 is 5.52 Å². The molecule has 2 heterocycles. The Bertz CT molecular complexity index is 466. The Morgan fingerprint density at radius 3 is 2.33 bits per heavy atom. The monoisotopic (exact) mass is 202 g/mol. The van der Waals surface area contributed by atoms with Crippen molar-refractivity contribution in [2.24, 2.45) is 0 Å². The Morgan fingerprint density at radius 2 is 1.73 bits per heavy atom. The summed E-state index contributed by atoms with van der Waals surface area (Å²) in [5.41, 5.74) is 2.60. The van der Waals surface area contributed by atoms with E-state index in [1.807, 2.05) is 6.20 Å². The van der Waals surface area contributed by atoms with Crippen molar-refractivity contribution < 1.29 is 0 Å². The third kappa shape index (κ3) is 1.65. The first kappa shape index (κ1) is 10.2. The van der Waals surface area contributed by atoms with Crippen LogP contribution in [0.15, 0.2) is 24.4 Å². The minimum absolute atomic E-state index is 0.457. The fraction of sp³-hybridized carbons (Fsp3) is 0.462. The largest absolute Gasteiger partial charge is 0.302 e. The maximum atomic E-state index is 4.48. The first-order chi connectivity index (χ1) is 7.11. The molecule has 0 saturated carbocycles. The van der Waals surface area contributed by atoms with E-state index < -0.39 is 0 Å². The lowest BCUT2D eigenvalue weighted by molar-refractivity contribution is 0.712. The van der Waals surface area contributed by atoms with Crippen molar-refractivity contribution in [1.29, 1.82) is 0 Å². The molecule has 0 atom stereocenters. The van der Waals surface area contributed by atoms with E-state index in [2.05, 4.69) is 55.3 Å². The van der Waals surface area contributed by atoms with Gasteiger partial charge >= 0.3 is 0 Å². The van der Waals surface area contributed by atoms with Gasteiger partial charge in [0.2, 0.25) is 0 Å². The summed E-state index contributed by atoms with van der Waals surface area (Å²) in [6.07, 6.45) is 1.90. The fourth-order valence-electron chi connectivity index (χ4n) is 1.97. The number of hydrogen-bond donors (Lipinski definition) is 0. The molecule has 15 heavy (non-hydrogen) atoms. The van der Waals surface area contributed by atoms with Crippen LogP contribution in [0.4, 0.5) is 0 Å². The van der Waals surface area contributed by atoms with Gasteiger partial charge in [0, 0.05) is 23.3 Å². The van der Waals surface area contributed by atoms with Crippen LogP contribution in [0.1, 0.15) is 51.0 Å². The van der Waals surface area contributed by atoms with Crippen molar-refractivity contribution in [3.05, 3.63) is 35.9 Å². The average molecular weight is 202 g/mol. The highest BCUT2D eigenvalue weighted by Gasteiger charge is 2.11. The highest BCUT2D eigenvalue weighted by molar-refractivity contribution is 5.50. The predicted octanol–water partition coefficient (Wildman–Crippen LogP) is 3.58. The number of nitrogens with zero attached hydrogens (tertiary/aromatic N) is 2. The highest BCUT2D eigenvalue weighted by atomic mass is 15.0. The molecule has 2 nitrogen and oxygen atoms in total. The van der Waals surface area contributed by atoms with Crippen LogP contribution >= 0.6 is 0 Å². The SMILES string of the molecule is CC(C)c1ccc2ccnc(C(C)C)n12. The van der Waals surface area contributed by atoms with Gasteiger partial charge in [0.1, 0.15) is 5.82 Å². The predicted molar refractivity (Wildman–Crippen MR) is 63.4 cm³/mol. The normalized spacial score (nSPS) is 11.9. The second kappa shape index (κ2) is 3.69. The Balaban J connectivity index is 2.75. The van der Waals surface area contributed by atoms with Gasteiger partial charge in [-0.2, -0.15) is 0 Å². The minimum atomic E-state index is 0.457. The molecule has 2 aromatic rings. The fourth-order valence-corrected chi connectivity index (χ4v) is 1.97. The van der Waals surface area contributed by atoms with Crippen molar-refractivity contribution in [3.63, 3.8) is 0 Å². The minimum Gasteiger partial charge on any atom is -0.302 e. The van der Waals surface area contributed by atoms with Crippen LogP contribution in [-0.4, -0.2) is 9.38 Å². The molecule has 0 saturated heterocycles. The van der Waals surface area contributed by atoms with Gasteiger partial charge in [-0.3, -0.25) is 0 Å². The molecule has 2 heteroatoms. The lowest BCUT2D eigenvalue weighted by Crippen LogP contribution is -2.06. The van der Waals surface area contributed by atoms with Gasteiger partial charge in [-0.15, -0.1) is 0 Å². The summed E-state index contributed by atoms with van der Waals surface area (Å²) >= 11 is 0. The van der Waals surface area contributed by atoms with Crippen LogP contribution in [0.5, 0.6) is 0 Å². The third-order valence-electron chi connectivity index (χ3n) is 2.73. The molecule has 80 valence electrons. The van der Waals surface area contributed by atoms with Crippen molar-refractivity contribution in [2.75, 3.05) is 0 Å². The Hall–Kier alpha value is -1.31. The van der Waals surface area contributed by atoms with Gasteiger partial charge in [0.15, 0.2) is 0 Å². The molecule has 0 N–H and O–H groups in total. The van der Waals surface area contributed by atoms with Gasteiger partial charge in [0.05, 0.1) is 0 Å². The number of aromatic nitrogens is 2. The lowest BCUT2D eigenvalue weighted by atomic mass is 10.1. The van der Waals surface area contributed by atoms with Gasteiger partial charge < -0.3 is 4.40 Å². The summed E-state index contributed by atoms with van der Waals surface area (Å²) in [4.78, 5) is 4.48. The molecule has 0 aromatic carbocycles. The molecule has 0 spiro atoms. The van der Waals surface area contributed by atoms with Gasteiger partial charge in [-0.1, -0.05) is 27.7 Å². The molecule has 0 fully saturated rings. The Kier molecular flexibility index (Phi) is 2.51. The van der Waals surface area contributed by atoms with E-state index in [4.69, 9.17) is 0 Å². The van der Waals surface area contributed by atoms with Crippen LogP contribution in [0.2, 0.25) is 0 Å². The molecular weight excluding hydrogens is 184 g/mol. The molecule has 0 bridgehead atoms. The van der Waals surface area contributed by atoms with E-state index in [-0.39, 0.29) is 0 Å². The topological polar surface area (TPSA) is 17.3 Å². The molecule has 0 radical (unpaired) electrons. The molecule has 0 unspecified atom stereocenters. The summed E-state index contributed by atoms with van der Waals surface area (Å²) < 4.78 is 2.29. The van der Waals surface area contributed by atoms with Gasteiger partial charge in [-0.05, 0) is 24.1 Å². The third-order valence-corrected chi connectivity index (χ3v) is 2.73. The van der Waals surface area contributed by atoms with E-state index in [1.54, 1.807) is 0 Å². The average Bonchev–Trinajstić information content (AvgIpc) is 2.60. The number of rotatable bonds is 2. The van der Waals surface area contributed by atoms with Crippen LogP contribution in [-0.2, 0) is 0 Å². The summed E-state index contributed by atoms with van der Waals surface area (Å²) in [5, 5.41) is 0. The summed E-state index contributed by atoms with van der Waals surface area (Å²) in [6, 6.07) is 6.44. The molecular formula is C13H18N2.